The Morgan fingerprint density at radius 2 is 2.22 bits per heavy atom. The van der Waals surface area contributed by atoms with E-state index >= 15 is 0 Å². The highest BCUT2D eigenvalue weighted by molar-refractivity contribution is 6.24. The first-order valence-corrected chi connectivity index (χ1v) is 2.80. The van der Waals surface area contributed by atoms with Crippen molar-refractivity contribution >= 4 is 23.5 Å². The van der Waals surface area contributed by atoms with E-state index in [2.05, 4.69) is 4.74 Å². The van der Waals surface area contributed by atoms with Crippen molar-refractivity contribution in [1.82, 2.24) is 0 Å². The van der Waals surface area contributed by atoms with Crippen molar-refractivity contribution in [1.29, 1.82) is 0 Å². The summed E-state index contributed by atoms with van der Waals surface area (Å²) in [6.45, 7) is 0. The first-order chi connectivity index (χ1) is 4.24. The second kappa shape index (κ2) is 2.19. The number of esters is 2. The lowest BCUT2D eigenvalue weighted by Crippen LogP contribution is -2.02. The predicted molar refractivity (Wildman–Crippen MR) is 29.9 cm³/mol. The van der Waals surface area contributed by atoms with Gasteiger partial charge < -0.3 is 4.74 Å². The van der Waals surface area contributed by atoms with Crippen LogP contribution in [0.3, 0.4) is 0 Å². The maximum absolute atomic E-state index is 10.4. The lowest BCUT2D eigenvalue weighted by atomic mass is 10.3. The van der Waals surface area contributed by atoms with Crippen LogP contribution < -0.4 is 0 Å². The van der Waals surface area contributed by atoms with Gasteiger partial charge >= 0.3 is 11.9 Å². The summed E-state index contributed by atoms with van der Waals surface area (Å²) in [4.78, 5) is 20.7. The van der Waals surface area contributed by atoms with Crippen molar-refractivity contribution in [3.05, 3.63) is 11.6 Å². The number of halogens is 1. The summed E-state index contributed by atoms with van der Waals surface area (Å²) in [6, 6.07) is 0. The Morgan fingerprint density at radius 3 is 2.44 bits per heavy atom. The van der Waals surface area contributed by atoms with Crippen LogP contribution in [0.5, 0.6) is 0 Å². The fraction of sp³-hybridized carbons (Fsp3) is 0.200. The summed E-state index contributed by atoms with van der Waals surface area (Å²) in [5.41, 5.74) is 0.224. The van der Waals surface area contributed by atoms with Crippen LogP contribution in [0.1, 0.15) is 0 Å². The van der Waals surface area contributed by atoms with Gasteiger partial charge in [0.1, 0.15) is 0 Å². The Bertz CT molecular complexity index is 194. The van der Waals surface area contributed by atoms with Gasteiger partial charge in [-0.25, -0.2) is 9.59 Å². The molecule has 9 heavy (non-hydrogen) atoms. The van der Waals surface area contributed by atoms with Crippen LogP contribution >= 0.6 is 11.6 Å². The smallest absolute Gasteiger partial charge is 0.343 e. The number of carbonyl (C=O) groups is 2. The average molecular weight is 147 g/mol. The highest BCUT2D eigenvalue weighted by Crippen LogP contribution is 2.08. The van der Waals surface area contributed by atoms with Crippen LogP contribution in [-0.4, -0.2) is 17.8 Å². The molecule has 0 aromatic carbocycles. The van der Waals surface area contributed by atoms with E-state index in [1.807, 2.05) is 0 Å². The van der Waals surface area contributed by atoms with E-state index in [4.69, 9.17) is 11.6 Å². The number of cyclic esters (lactones) is 2. The van der Waals surface area contributed by atoms with Gasteiger partial charge in [0.2, 0.25) is 0 Å². The molecular weight excluding hydrogens is 144 g/mol. The molecule has 0 bridgehead atoms. The van der Waals surface area contributed by atoms with Crippen LogP contribution in [0, 0.1) is 0 Å². The van der Waals surface area contributed by atoms with Crippen molar-refractivity contribution in [2.24, 2.45) is 0 Å². The summed E-state index contributed by atoms with van der Waals surface area (Å²) in [5.74, 6) is -1.23. The molecule has 1 aliphatic rings. The molecule has 0 fully saturated rings. The topological polar surface area (TPSA) is 43.4 Å². The second-order valence-corrected chi connectivity index (χ2v) is 1.78. The number of alkyl halides is 1. The van der Waals surface area contributed by atoms with Crippen molar-refractivity contribution in [3.8, 4) is 0 Å². The van der Waals surface area contributed by atoms with Gasteiger partial charge in [0.15, 0.2) is 0 Å². The SMILES string of the molecule is O=C1C=C(CCl)C(=O)O1. The summed E-state index contributed by atoms with van der Waals surface area (Å²) < 4.78 is 4.11. The number of ether oxygens (including phenoxy) is 1. The quantitative estimate of drug-likeness (QED) is 0.302. The third-order valence-electron chi connectivity index (χ3n) is 0.892. The molecule has 0 atom stereocenters. The van der Waals surface area contributed by atoms with Gasteiger partial charge in [0.05, 0.1) is 11.5 Å². The zero-order valence-electron chi connectivity index (χ0n) is 4.39. The Labute approximate surface area is 56.2 Å². The van der Waals surface area contributed by atoms with E-state index in [0.29, 0.717) is 0 Å². The van der Waals surface area contributed by atoms with Crippen molar-refractivity contribution < 1.29 is 14.3 Å². The van der Waals surface area contributed by atoms with E-state index in [-0.39, 0.29) is 11.5 Å². The first kappa shape index (κ1) is 6.29. The molecule has 4 heteroatoms. The minimum Gasteiger partial charge on any atom is -0.386 e. The molecule has 0 aromatic heterocycles. The zero-order valence-corrected chi connectivity index (χ0v) is 5.14. The summed E-state index contributed by atoms with van der Waals surface area (Å²) in [7, 11) is 0. The molecule has 0 aromatic rings. The van der Waals surface area contributed by atoms with E-state index in [9.17, 15) is 9.59 Å². The third-order valence-corrected chi connectivity index (χ3v) is 1.18. The van der Waals surface area contributed by atoms with Crippen LogP contribution in [0.15, 0.2) is 11.6 Å². The summed E-state index contributed by atoms with van der Waals surface area (Å²) in [6.07, 6.45) is 1.09. The predicted octanol–water partition coefficient (Wildman–Crippen LogP) is 0.235. The van der Waals surface area contributed by atoms with Gasteiger partial charge in [-0.15, -0.1) is 11.6 Å². The second-order valence-electron chi connectivity index (χ2n) is 1.51. The van der Waals surface area contributed by atoms with Gasteiger partial charge in [-0.2, -0.15) is 0 Å². The lowest BCUT2D eigenvalue weighted by molar-refractivity contribution is -0.150. The monoisotopic (exact) mass is 146 g/mol. The van der Waals surface area contributed by atoms with E-state index in [1.165, 1.54) is 0 Å². The van der Waals surface area contributed by atoms with Crippen molar-refractivity contribution in [2.45, 2.75) is 0 Å². The van der Waals surface area contributed by atoms with E-state index < -0.39 is 11.9 Å². The Hall–Kier alpha value is -0.830. The van der Waals surface area contributed by atoms with E-state index in [1.54, 1.807) is 0 Å². The third kappa shape index (κ3) is 1.10. The van der Waals surface area contributed by atoms with Gasteiger partial charge in [-0.3, -0.25) is 0 Å². The summed E-state index contributed by atoms with van der Waals surface area (Å²) >= 11 is 5.25. The van der Waals surface area contributed by atoms with Crippen LogP contribution in [-0.2, 0) is 14.3 Å². The van der Waals surface area contributed by atoms with Gasteiger partial charge in [-0.1, -0.05) is 0 Å². The molecule has 0 saturated heterocycles. The molecule has 0 aliphatic carbocycles. The van der Waals surface area contributed by atoms with Crippen LogP contribution in [0.4, 0.5) is 0 Å². The fourth-order valence-corrected chi connectivity index (χ4v) is 0.667. The molecule has 0 radical (unpaired) electrons. The van der Waals surface area contributed by atoms with Gasteiger partial charge in [0, 0.05) is 6.08 Å². The molecule has 0 spiro atoms. The lowest BCUT2D eigenvalue weighted by Gasteiger charge is -1.86. The molecule has 0 amide bonds. The Morgan fingerprint density at radius 1 is 1.56 bits per heavy atom. The molecule has 0 saturated carbocycles. The molecular formula is C5H3ClO3. The molecule has 1 rings (SSSR count). The highest BCUT2D eigenvalue weighted by atomic mass is 35.5. The Kier molecular flexibility index (Phi) is 1.53. The number of rotatable bonds is 1. The zero-order chi connectivity index (χ0) is 6.85. The number of hydrogen-bond acceptors (Lipinski definition) is 3. The summed E-state index contributed by atoms with van der Waals surface area (Å²) in [5, 5.41) is 0. The fourth-order valence-electron chi connectivity index (χ4n) is 0.481. The molecule has 3 nitrogen and oxygen atoms in total. The van der Waals surface area contributed by atoms with Crippen LogP contribution in [0.2, 0.25) is 0 Å². The minimum absolute atomic E-state index is 0.0323. The largest absolute Gasteiger partial charge is 0.386 e. The highest BCUT2D eigenvalue weighted by Gasteiger charge is 2.21. The van der Waals surface area contributed by atoms with Crippen molar-refractivity contribution in [3.63, 3.8) is 0 Å². The van der Waals surface area contributed by atoms with Crippen molar-refractivity contribution in [2.75, 3.05) is 5.88 Å². The minimum atomic E-state index is -0.630. The standard InChI is InChI=1S/C5H3ClO3/c6-2-3-1-4(7)9-5(3)8/h1H,2H2. The maximum atomic E-state index is 10.4. The molecule has 0 unspecified atom stereocenters. The normalized spacial score (nSPS) is 17.7. The number of hydrogen-bond donors (Lipinski definition) is 0. The molecule has 1 heterocycles. The van der Waals surface area contributed by atoms with Gasteiger partial charge in [-0.05, 0) is 0 Å². The van der Waals surface area contributed by atoms with E-state index in [0.717, 1.165) is 6.08 Å². The average Bonchev–Trinajstić information content (AvgIpc) is 2.10. The molecule has 48 valence electrons. The van der Waals surface area contributed by atoms with Crippen LogP contribution in [0.25, 0.3) is 0 Å². The molecule has 0 N–H and O–H groups in total. The first-order valence-electron chi connectivity index (χ1n) is 2.26. The maximum Gasteiger partial charge on any atom is 0.343 e. The Balaban J connectivity index is 2.80. The van der Waals surface area contributed by atoms with Gasteiger partial charge in [0.25, 0.3) is 0 Å². The number of carbonyl (C=O) groups excluding carboxylic acids is 2. The molecule has 1 aliphatic heterocycles.